The minimum atomic E-state index is -0.469. The fraction of sp³-hybridized carbons (Fsp3) is 0.700. The number of cyclic esters (lactones) is 1. The van der Waals surface area contributed by atoms with Crippen LogP contribution in [-0.4, -0.2) is 80.9 Å². The molecule has 0 N–H and O–H groups in total. The van der Waals surface area contributed by atoms with Gasteiger partial charge >= 0.3 is 11.9 Å². The number of carbonyl (C=O) groups is 2. The van der Waals surface area contributed by atoms with Gasteiger partial charge in [0.2, 0.25) is 5.76 Å². The molecule has 1 atom stereocenters. The number of piperidine rings is 1. The quantitative estimate of drug-likeness (QED) is 0.694. The summed E-state index contributed by atoms with van der Waals surface area (Å²) in [5, 5.41) is 0. The second kappa shape index (κ2) is 8.23. The Morgan fingerprint density at radius 1 is 1.18 bits per heavy atom. The second-order valence-corrected chi connectivity index (χ2v) is 7.96. The molecule has 3 aliphatic heterocycles. The molecular weight excluding hydrogens is 364 g/mol. The van der Waals surface area contributed by atoms with Crippen LogP contribution in [0.5, 0.6) is 0 Å². The molecule has 154 valence electrons. The summed E-state index contributed by atoms with van der Waals surface area (Å²) in [7, 11) is 1.33. The standard InChI is InChI=1S/C20H28N2O6/c1-25-18(23)17-3-2-15(27-17)13-21-6-4-20(5-7-21)12-16(28-19(20)24)14-22-8-10-26-11-9-22/h2-3,16H,4-14H2,1H3. The van der Waals surface area contributed by atoms with Crippen molar-refractivity contribution >= 4 is 11.9 Å². The number of likely N-dealkylation sites (tertiary alicyclic amines) is 1. The van der Waals surface area contributed by atoms with Gasteiger partial charge in [-0.25, -0.2) is 4.79 Å². The maximum Gasteiger partial charge on any atom is 0.373 e. The van der Waals surface area contributed by atoms with Crippen LogP contribution in [0.25, 0.3) is 0 Å². The van der Waals surface area contributed by atoms with Crippen molar-refractivity contribution < 1.29 is 28.2 Å². The van der Waals surface area contributed by atoms with Crippen LogP contribution in [0.15, 0.2) is 16.5 Å². The van der Waals surface area contributed by atoms with Crippen molar-refractivity contribution in [3.05, 3.63) is 23.7 Å². The molecule has 0 aliphatic carbocycles. The third-order valence-electron chi connectivity index (χ3n) is 6.13. The van der Waals surface area contributed by atoms with Crippen LogP contribution in [0.3, 0.4) is 0 Å². The fourth-order valence-electron chi connectivity index (χ4n) is 4.45. The lowest BCUT2D eigenvalue weighted by atomic mass is 9.76. The summed E-state index contributed by atoms with van der Waals surface area (Å²) < 4.78 is 21.4. The summed E-state index contributed by atoms with van der Waals surface area (Å²) in [6.07, 6.45) is 2.40. The number of ether oxygens (including phenoxy) is 3. The lowest BCUT2D eigenvalue weighted by molar-refractivity contribution is -0.151. The van der Waals surface area contributed by atoms with Crippen LogP contribution in [0, 0.1) is 5.41 Å². The first-order valence-corrected chi connectivity index (χ1v) is 9.98. The lowest BCUT2D eigenvalue weighted by Gasteiger charge is -2.36. The van der Waals surface area contributed by atoms with E-state index in [-0.39, 0.29) is 23.2 Å². The molecule has 1 spiro atoms. The van der Waals surface area contributed by atoms with Gasteiger partial charge in [-0.2, -0.15) is 0 Å². The summed E-state index contributed by atoms with van der Waals surface area (Å²) in [5.41, 5.74) is -0.339. The van der Waals surface area contributed by atoms with Crippen molar-refractivity contribution in [3.8, 4) is 0 Å². The van der Waals surface area contributed by atoms with E-state index >= 15 is 0 Å². The van der Waals surface area contributed by atoms with Crippen molar-refractivity contribution in [2.75, 3.05) is 53.0 Å². The van der Waals surface area contributed by atoms with Crippen molar-refractivity contribution in [1.29, 1.82) is 0 Å². The van der Waals surface area contributed by atoms with E-state index in [2.05, 4.69) is 14.5 Å². The summed E-state index contributed by atoms with van der Waals surface area (Å²) in [5.74, 6) is 0.451. The van der Waals surface area contributed by atoms with Crippen molar-refractivity contribution in [2.45, 2.75) is 31.9 Å². The Bertz CT molecular complexity index is 703. The van der Waals surface area contributed by atoms with Gasteiger partial charge in [-0.05, 0) is 38.1 Å². The van der Waals surface area contributed by atoms with Gasteiger partial charge in [-0.15, -0.1) is 0 Å². The van der Waals surface area contributed by atoms with Gasteiger partial charge in [0.1, 0.15) is 11.9 Å². The average molecular weight is 392 g/mol. The van der Waals surface area contributed by atoms with Crippen molar-refractivity contribution in [1.82, 2.24) is 9.80 Å². The molecule has 3 fully saturated rings. The van der Waals surface area contributed by atoms with E-state index in [1.165, 1.54) is 7.11 Å². The summed E-state index contributed by atoms with van der Waals surface area (Å²) in [6, 6.07) is 3.44. The highest BCUT2D eigenvalue weighted by Gasteiger charge is 2.50. The molecule has 4 heterocycles. The Kier molecular flexibility index (Phi) is 5.70. The molecule has 0 saturated carbocycles. The average Bonchev–Trinajstić information content (AvgIpc) is 3.29. The van der Waals surface area contributed by atoms with Gasteiger partial charge in [-0.3, -0.25) is 14.6 Å². The van der Waals surface area contributed by atoms with Gasteiger partial charge in [0.05, 0.1) is 32.3 Å². The molecule has 4 rings (SSSR count). The number of rotatable bonds is 5. The first kappa shape index (κ1) is 19.4. The molecule has 1 unspecified atom stereocenters. The number of furan rings is 1. The van der Waals surface area contributed by atoms with Crippen LogP contribution in [0.4, 0.5) is 0 Å². The van der Waals surface area contributed by atoms with E-state index in [9.17, 15) is 9.59 Å². The Balaban J connectivity index is 1.28. The first-order valence-electron chi connectivity index (χ1n) is 9.98. The van der Waals surface area contributed by atoms with Crippen molar-refractivity contribution in [3.63, 3.8) is 0 Å². The number of hydrogen-bond donors (Lipinski definition) is 0. The summed E-state index contributed by atoms with van der Waals surface area (Å²) in [4.78, 5) is 28.7. The highest BCUT2D eigenvalue weighted by atomic mass is 16.6. The van der Waals surface area contributed by atoms with Crippen LogP contribution < -0.4 is 0 Å². The Labute approximate surface area is 164 Å². The number of morpholine rings is 1. The maximum absolute atomic E-state index is 12.6. The highest BCUT2D eigenvalue weighted by molar-refractivity contribution is 5.86. The molecule has 0 amide bonds. The summed E-state index contributed by atoms with van der Waals surface area (Å²) >= 11 is 0. The van der Waals surface area contributed by atoms with E-state index in [1.807, 2.05) is 0 Å². The molecule has 1 aromatic rings. The molecule has 0 bridgehead atoms. The number of methoxy groups -OCH3 is 1. The van der Waals surface area contributed by atoms with E-state index in [0.29, 0.717) is 6.54 Å². The molecular formula is C20H28N2O6. The van der Waals surface area contributed by atoms with E-state index < -0.39 is 5.97 Å². The van der Waals surface area contributed by atoms with Gasteiger partial charge in [0.15, 0.2) is 0 Å². The fourth-order valence-corrected chi connectivity index (χ4v) is 4.45. The SMILES string of the molecule is COC(=O)c1ccc(CN2CCC3(CC2)CC(CN2CCOCC2)OC3=O)o1. The maximum atomic E-state index is 12.6. The third kappa shape index (κ3) is 4.09. The second-order valence-electron chi connectivity index (χ2n) is 7.96. The van der Waals surface area contributed by atoms with Crippen LogP contribution >= 0.6 is 0 Å². The number of carbonyl (C=O) groups excluding carboxylic acids is 2. The monoisotopic (exact) mass is 392 g/mol. The highest BCUT2D eigenvalue weighted by Crippen LogP contribution is 2.43. The van der Waals surface area contributed by atoms with E-state index in [1.54, 1.807) is 12.1 Å². The molecule has 1 aromatic heterocycles. The van der Waals surface area contributed by atoms with Gasteiger partial charge in [0, 0.05) is 26.1 Å². The largest absolute Gasteiger partial charge is 0.463 e. The summed E-state index contributed by atoms with van der Waals surface area (Å²) in [6.45, 7) is 6.39. The Hall–Kier alpha value is -1.90. The molecule has 0 aromatic carbocycles. The molecule has 3 aliphatic rings. The molecule has 3 saturated heterocycles. The smallest absolute Gasteiger partial charge is 0.373 e. The van der Waals surface area contributed by atoms with E-state index in [4.69, 9.17) is 13.9 Å². The zero-order valence-electron chi connectivity index (χ0n) is 16.4. The number of nitrogens with zero attached hydrogens (tertiary/aromatic N) is 2. The third-order valence-corrected chi connectivity index (χ3v) is 6.13. The van der Waals surface area contributed by atoms with Gasteiger partial charge in [-0.1, -0.05) is 0 Å². The number of hydrogen-bond acceptors (Lipinski definition) is 8. The lowest BCUT2D eigenvalue weighted by Crippen LogP contribution is -2.42. The van der Waals surface area contributed by atoms with Crippen LogP contribution in [0.1, 0.15) is 35.6 Å². The zero-order chi connectivity index (χ0) is 19.6. The Morgan fingerprint density at radius 2 is 1.93 bits per heavy atom. The molecule has 28 heavy (non-hydrogen) atoms. The predicted molar refractivity (Wildman–Crippen MR) is 98.7 cm³/mol. The Morgan fingerprint density at radius 3 is 2.64 bits per heavy atom. The topological polar surface area (TPSA) is 81.5 Å². The van der Waals surface area contributed by atoms with Gasteiger partial charge in [0.25, 0.3) is 0 Å². The predicted octanol–water partition coefficient (Wildman–Crippen LogP) is 1.30. The minimum Gasteiger partial charge on any atom is -0.463 e. The minimum absolute atomic E-state index is 0.00941. The number of esters is 2. The van der Waals surface area contributed by atoms with E-state index in [0.717, 1.165) is 71.0 Å². The van der Waals surface area contributed by atoms with Crippen molar-refractivity contribution in [2.24, 2.45) is 5.41 Å². The molecule has 8 heteroatoms. The molecule has 8 nitrogen and oxygen atoms in total. The zero-order valence-corrected chi connectivity index (χ0v) is 16.4. The van der Waals surface area contributed by atoms with Crippen LogP contribution in [-0.2, 0) is 25.5 Å². The van der Waals surface area contributed by atoms with Gasteiger partial charge < -0.3 is 18.6 Å². The normalized spacial score (nSPS) is 25.8. The molecule has 0 radical (unpaired) electrons. The first-order chi connectivity index (χ1) is 13.6. The van der Waals surface area contributed by atoms with Crippen LogP contribution in [0.2, 0.25) is 0 Å².